The number of hydrogen-bond acceptors (Lipinski definition) is 2. The third-order valence-electron chi connectivity index (χ3n) is 1.83. The molecule has 1 N–H and O–H groups in total. The zero-order valence-electron chi connectivity index (χ0n) is 6.96. The van der Waals surface area contributed by atoms with Crippen molar-refractivity contribution in [2.45, 2.75) is 12.2 Å². The molecule has 0 aromatic heterocycles. The van der Waals surface area contributed by atoms with E-state index in [9.17, 15) is 4.79 Å². The van der Waals surface area contributed by atoms with Crippen molar-refractivity contribution in [2.75, 3.05) is 25.9 Å². The van der Waals surface area contributed by atoms with E-state index >= 15 is 0 Å². The van der Waals surface area contributed by atoms with Crippen molar-refractivity contribution >= 4 is 17.8 Å². The molecular formula is C7H14N2OS. The van der Waals surface area contributed by atoms with Gasteiger partial charge in [0.2, 0.25) is 0 Å². The summed E-state index contributed by atoms with van der Waals surface area (Å²) in [7, 11) is 0. The molecule has 2 amide bonds. The monoisotopic (exact) mass is 174 g/mol. The fourth-order valence-corrected chi connectivity index (χ4v) is 1.40. The molecule has 0 aliphatic carbocycles. The highest BCUT2D eigenvalue weighted by atomic mass is 32.2. The van der Waals surface area contributed by atoms with Crippen LogP contribution in [0.4, 0.5) is 4.79 Å². The third-order valence-corrected chi connectivity index (χ3v) is 2.78. The first-order chi connectivity index (χ1) is 5.24. The molecule has 1 atom stereocenters. The Morgan fingerprint density at radius 2 is 2.55 bits per heavy atom. The lowest BCUT2D eigenvalue weighted by Gasteiger charge is -2.17. The molecule has 1 heterocycles. The van der Waals surface area contributed by atoms with Crippen molar-refractivity contribution in [1.29, 1.82) is 0 Å². The van der Waals surface area contributed by atoms with Crippen molar-refractivity contribution < 1.29 is 4.79 Å². The molecule has 3 nitrogen and oxygen atoms in total. The summed E-state index contributed by atoms with van der Waals surface area (Å²) in [4.78, 5) is 12.9. The van der Waals surface area contributed by atoms with E-state index in [2.05, 4.69) is 18.5 Å². The molecule has 11 heavy (non-hydrogen) atoms. The average molecular weight is 174 g/mol. The summed E-state index contributed by atoms with van der Waals surface area (Å²) in [6.45, 7) is 4.67. The van der Waals surface area contributed by atoms with Gasteiger partial charge >= 0.3 is 6.03 Å². The molecule has 1 aliphatic heterocycles. The van der Waals surface area contributed by atoms with Crippen LogP contribution in [0.1, 0.15) is 6.92 Å². The average Bonchev–Trinajstić information content (AvgIpc) is 2.37. The van der Waals surface area contributed by atoms with Crippen molar-refractivity contribution in [3.63, 3.8) is 0 Å². The van der Waals surface area contributed by atoms with E-state index < -0.39 is 0 Å². The highest BCUT2D eigenvalue weighted by molar-refractivity contribution is 7.99. The Morgan fingerprint density at radius 1 is 1.82 bits per heavy atom. The van der Waals surface area contributed by atoms with Crippen molar-refractivity contribution in [1.82, 2.24) is 10.2 Å². The molecule has 1 unspecified atom stereocenters. The van der Waals surface area contributed by atoms with E-state index in [1.54, 1.807) is 11.8 Å². The van der Waals surface area contributed by atoms with Gasteiger partial charge in [-0.2, -0.15) is 11.8 Å². The maximum Gasteiger partial charge on any atom is 0.317 e. The first-order valence-corrected chi connectivity index (χ1v) is 5.08. The Morgan fingerprint density at radius 3 is 3.00 bits per heavy atom. The summed E-state index contributed by atoms with van der Waals surface area (Å²) in [5, 5.41) is 3.32. The van der Waals surface area contributed by atoms with Gasteiger partial charge in [0.1, 0.15) is 0 Å². The molecule has 0 bridgehead atoms. The zero-order valence-corrected chi connectivity index (χ0v) is 7.78. The second-order valence-corrected chi connectivity index (χ2v) is 4.00. The topological polar surface area (TPSA) is 32.3 Å². The van der Waals surface area contributed by atoms with Gasteiger partial charge in [-0.25, -0.2) is 4.79 Å². The number of rotatable bonds is 3. The van der Waals surface area contributed by atoms with Gasteiger partial charge in [0.25, 0.3) is 0 Å². The quantitative estimate of drug-likeness (QED) is 0.685. The smallest absolute Gasteiger partial charge is 0.317 e. The van der Waals surface area contributed by atoms with Gasteiger partial charge in [0, 0.05) is 24.9 Å². The third kappa shape index (κ3) is 2.29. The first kappa shape index (κ1) is 8.71. The number of amides is 2. The van der Waals surface area contributed by atoms with E-state index in [1.807, 2.05) is 4.90 Å². The van der Waals surface area contributed by atoms with E-state index in [0.29, 0.717) is 5.25 Å². The van der Waals surface area contributed by atoms with Crippen LogP contribution in [-0.4, -0.2) is 42.1 Å². The van der Waals surface area contributed by atoms with Crippen molar-refractivity contribution in [3.05, 3.63) is 0 Å². The highest BCUT2D eigenvalue weighted by Crippen LogP contribution is 2.08. The SMILES string of the molecule is CSC(C)CN1CCNC1=O. The molecule has 0 spiro atoms. The molecule has 0 aromatic rings. The Bertz CT molecular complexity index is 151. The van der Waals surface area contributed by atoms with Crippen molar-refractivity contribution in [3.8, 4) is 0 Å². The molecule has 1 rings (SSSR count). The van der Waals surface area contributed by atoms with Gasteiger partial charge < -0.3 is 10.2 Å². The number of urea groups is 1. The van der Waals surface area contributed by atoms with Crippen LogP contribution in [0.2, 0.25) is 0 Å². The molecule has 0 radical (unpaired) electrons. The minimum absolute atomic E-state index is 0.0888. The van der Waals surface area contributed by atoms with Crippen LogP contribution in [0.3, 0.4) is 0 Å². The van der Waals surface area contributed by atoms with Crippen LogP contribution in [0.15, 0.2) is 0 Å². The molecule has 0 saturated carbocycles. The Hall–Kier alpha value is -0.380. The predicted molar refractivity (Wildman–Crippen MR) is 47.9 cm³/mol. The summed E-state index contributed by atoms with van der Waals surface area (Å²) < 4.78 is 0. The second-order valence-electron chi connectivity index (χ2n) is 2.72. The van der Waals surface area contributed by atoms with Crippen LogP contribution >= 0.6 is 11.8 Å². The molecule has 4 heteroatoms. The Balaban J connectivity index is 2.30. The van der Waals surface area contributed by atoms with Crippen LogP contribution in [-0.2, 0) is 0 Å². The summed E-state index contributed by atoms with van der Waals surface area (Å²) in [5.41, 5.74) is 0. The fraction of sp³-hybridized carbons (Fsp3) is 0.857. The summed E-state index contributed by atoms with van der Waals surface area (Å²) in [6, 6.07) is 0.0888. The number of thioether (sulfide) groups is 1. The minimum Gasteiger partial charge on any atom is -0.336 e. The van der Waals surface area contributed by atoms with Crippen LogP contribution in [0, 0.1) is 0 Å². The predicted octanol–water partition coefficient (Wildman–Crippen LogP) is 0.763. The van der Waals surface area contributed by atoms with Gasteiger partial charge in [-0.3, -0.25) is 0 Å². The van der Waals surface area contributed by atoms with Gasteiger partial charge in [-0.15, -0.1) is 0 Å². The maximum absolute atomic E-state index is 11.0. The second kappa shape index (κ2) is 3.85. The Kier molecular flexibility index (Phi) is 3.05. The first-order valence-electron chi connectivity index (χ1n) is 3.79. The fourth-order valence-electron chi connectivity index (χ4n) is 1.07. The molecule has 1 saturated heterocycles. The largest absolute Gasteiger partial charge is 0.336 e. The zero-order chi connectivity index (χ0) is 8.27. The molecule has 1 fully saturated rings. The van der Waals surface area contributed by atoms with E-state index in [4.69, 9.17) is 0 Å². The van der Waals surface area contributed by atoms with Gasteiger partial charge in [0.15, 0.2) is 0 Å². The summed E-state index contributed by atoms with van der Waals surface area (Å²) >= 11 is 1.79. The number of nitrogens with one attached hydrogen (secondary N) is 1. The van der Waals surface area contributed by atoms with Crippen LogP contribution < -0.4 is 5.32 Å². The molecule has 0 aromatic carbocycles. The summed E-state index contributed by atoms with van der Waals surface area (Å²) in [5.74, 6) is 0. The van der Waals surface area contributed by atoms with E-state index in [0.717, 1.165) is 19.6 Å². The number of carbonyl (C=O) groups is 1. The molecular weight excluding hydrogens is 160 g/mol. The Labute approximate surface area is 71.5 Å². The summed E-state index contributed by atoms with van der Waals surface area (Å²) in [6.07, 6.45) is 2.07. The van der Waals surface area contributed by atoms with Gasteiger partial charge in [0.05, 0.1) is 0 Å². The maximum atomic E-state index is 11.0. The van der Waals surface area contributed by atoms with Crippen molar-refractivity contribution in [2.24, 2.45) is 0 Å². The van der Waals surface area contributed by atoms with E-state index in [-0.39, 0.29) is 6.03 Å². The van der Waals surface area contributed by atoms with Gasteiger partial charge in [-0.05, 0) is 6.26 Å². The lowest BCUT2D eigenvalue weighted by molar-refractivity contribution is 0.218. The van der Waals surface area contributed by atoms with Crippen LogP contribution in [0.5, 0.6) is 0 Å². The highest BCUT2D eigenvalue weighted by Gasteiger charge is 2.20. The van der Waals surface area contributed by atoms with Crippen LogP contribution in [0.25, 0.3) is 0 Å². The normalized spacial score (nSPS) is 20.2. The molecule has 1 aliphatic rings. The lowest BCUT2D eigenvalue weighted by Crippen LogP contribution is -2.32. The number of nitrogens with zero attached hydrogens (tertiary/aromatic N) is 1. The standard InChI is InChI=1S/C7H14N2OS/c1-6(11-2)5-9-4-3-8-7(9)10/h6H,3-5H2,1-2H3,(H,8,10). The number of hydrogen-bond donors (Lipinski definition) is 1. The van der Waals surface area contributed by atoms with E-state index in [1.165, 1.54) is 0 Å². The number of carbonyl (C=O) groups excluding carboxylic acids is 1. The molecule has 64 valence electrons. The van der Waals surface area contributed by atoms with Gasteiger partial charge in [-0.1, -0.05) is 6.92 Å². The minimum atomic E-state index is 0.0888. The lowest BCUT2D eigenvalue weighted by atomic mass is 10.4.